The Morgan fingerprint density at radius 3 is 2.22 bits per heavy atom. The fraction of sp³-hybridized carbons (Fsp3) is 0.0200. The molecular weight excluding hydrogens is 675 g/mol. The third-order valence-corrected chi connectivity index (χ3v) is 11.3. The largest absolute Gasteiger partial charge is 0.456 e. The first-order chi connectivity index (χ1) is 27.3. The van der Waals surface area contributed by atoms with E-state index in [1.54, 1.807) is 0 Å². The minimum atomic E-state index is -0.0404. The Morgan fingerprint density at radius 1 is 0.527 bits per heavy atom. The molecule has 1 aliphatic carbocycles. The van der Waals surface area contributed by atoms with Crippen molar-refractivity contribution in [2.24, 2.45) is 0 Å². The van der Waals surface area contributed by atoms with Crippen molar-refractivity contribution in [2.45, 2.75) is 6.04 Å². The zero-order chi connectivity index (χ0) is 36.0. The maximum absolute atomic E-state index is 6.67. The fourth-order valence-electron chi connectivity index (χ4n) is 8.79. The van der Waals surface area contributed by atoms with Gasteiger partial charge in [-0.1, -0.05) is 115 Å². The van der Waals surface area contributed by atoms with Crippen LogP contribution in [0.3, 0.4) is 0 Å². The average Bonchev–Trinajstić information content (AvgIpc) is 3.96. The number of nitrogens with zero attached hydrogens (tertiary/aromatic N) is 3. The molecule has 10 aromatic rings. The lowest BCUT2D eigenvalue weighted by Crippen LogP contribution is -2.28. The zero-order valence-corrected chi connectivity index (χ0v) is 29.6. The molecule has 12 rings (SSSR count). The number of allylic oxidation sites excluding steroid dienone is 1. The molecular formula is C50H31N3O2. The van der Waals surface area contributed by atoms with E-state index in [0.717, 1.165) is 88.5 Å². The van der Waals surface area contributed by atoms with Crippen LogP contribution in [0.2, 0.25) is 0 Å². The molecule has 1 unspecified atom stereocenters. The molecule has 2 aliphatic rings. The lowest BCUT2D eigenvalue weighted by Gasteiger charge is -2.25. The molecule has 0 saturated heterocycles. The van der Waals surface area contributed by atoms with E-state index in [1.165, 1.54) is 16.8 Å². The summed E-state index contributed by atoms with van der Waals surface area (Å²) in [4.78, 5) is 7.45. The Bertz CT molecular complexity index is 3330. The van der Waals surface area contributed by atoms with Crippen LogP contribution in [-0.2, 0) is 0 Å². The molecule has 5 nitrogen and oxygen atoms in total. The summed E-state index contributed by atoms with van der Waals surface area (Å²) >= 11 is 0. The van der Waals surface area contributed by atoms with Crippen LogP contribution in [0.25, 0.3) is 89.9 Å². The maximum atomic E-state index is 6.67. The van der Waals surface area contributed by atoms with Gasteiger partial charge in [0.25, 0.3) is 0 Å². The molecule has 0 saturated carbocycles. The number of para-hydroxylation sites is 4. The minimum absolute atomic E-state index is 0.0404. The van der Waals surface area contributed by atoms with E-state index in [-0.39, 0.29) is 6.04 Å². The smallest absolute Gasteiger partial charge is 0.145 e. The van der Waals surface area contributed by atoms with Crippen molar-refractivity contribution >= 4 is 73.0 Å². The van der Waals surface area contributed by atoms with Gasteiger partial charge in [-0.05, 0) is 77.4 Å². The van der Waals surface area contributed by atoms with Crippen molar-refractivity contribution in [3.8, 4) is 28.2 Å². The third kappa shape index (κ3) is 4.50. The van der Waals surface area contributed by atoms with Crippen molar-refractivity contribution in [2.75, 3.05) is 4.90 Å². The summed E-state index contributed by atoms with van der Waals surface area (Å²) in [5.74, 6) is 0.925. The predicted molar refractivity (Wildman–Crippen MR) is 224 cm³/mol. The highest BCUT2D eigenvalue weighted by atomic mass is 16.3. The van der Waals surface area contributed by atoms with Crippen LogP contribution in [0.1, 0.15) is 5.56 Å². The van der Waals surface area contributed by atoms with E-state index in [2.05, 4.69) is 167 Å². The fourth-order valence-corrected chi connectivity index (χ4v) is 8.79. The summed E-state index contributed by atoms with van der Waals surface area (Å²) < 4.78 is 15.3. The van der Waals surface area contributed by atoms with Gasteiger partial charge < -0.3 is 13.7 Å². The highest BCUT2D eigenvalue weighted by Crippen LogP contribution is 2.47. The molecule has 4 heterocycles. The van der Waals surface area contributed by atoms with Gasteiger partial charge in [-0.15, -0.1) is 0 Å². The molecule has 1 aliphatic heterocycles. The quantitative estimate of drug-likeness (QED) is 0.183. The number of furan rings is 2. The minimum Gasteiger partial charge on any atom is -0.456 e. The zero-order valence-electron chi connectivity index (χ0n) is 29.6. The van der Waals surface area contributed by atoms with E-state index < -0.39 is 0 Å². The number of anilines is 2. The second-order valence-electron chi connectivity index (χ2n) is 14.3. The van der Waals surface area contributed by atoms with Gasteiger partial charge >= 0.3 is 0 Å². The van der Waals surface area contributed by atoms with Crippen LogP contribution < -0.4 is 15.5 Å². The van der Waals surface area contributed by atoms with Crippen molar-refractivity contribution < 1.29 is 8.83 Å². The molecule has 5 heteroatoms. The van der Waals surface area contributed by atoms with Gasteiger partial charge in [-0.25, -0.2) is 4.98 Å². The van der Waals surface area contributed by atoms with Crippen molar-refractivity contribution in [1.82, 2.24) is 9.55 Å². The van der Waals surface area contributed by atoms with E-state index in [9.17, 15) is 0 Å². The molecule has 0 N–H and O–H groups in total. The Hall–Kier alpha value is -7.37. The van der Waals surface area contributed by atoms with Crippen molar-refractivity contribution in [3.05, 3.63) is 186 Å². The van der Waals surface area contributed by atoms with Crippen LogP contribution in [0, 0.1) is 0 Å². The predicted octanol–water partition coefficient (Wildman–Crippen LogP) is 11.2. The standard InChI is InChI=1S/C50H31N3O2/c1-2-11-32(12-3-1)50-51-41-16-6-8-18-43(41)53(50)33-23-21-31(22-24-33)35-15-10-20-46-49(35)40-26-25-34(29-47(40)55-46)52-42-17-7-4-13-36(42)37-27-28-39-38-14-5-9-19-45(38)54-48(39)30-44(37)52/h1-30,44H. The van der Waals surface area contributed by atoms with E-state index in [4.69, 9.17) is 13.8 Å². The number of benzene rings is 7. The average molecular weight is 706 g/mol. The molecule has 0 spiro atoms. The first-order valence-corrected chi connectivity index (χ1v) is 18.7. The molecule has 55 heavy (non-hydrogen) atoms. The number of aromatic nitrogens is 2. The van der Waals surface area contributed by atoms with Gasteiger partial charge in [-0.3, -0.25) is 4.57 Å². The Morgan fingerprint density at radius 2 is 1.29 bits per heavy atom. The summed E-state index contributed by atoms with van der Waals surface area (Å²) in [5, 5.41) is 4.45. The van der Waals surface area contributed by atoms with Crippen LogP contribution in [0.15, 0.2) is 179 Å². The van der Waals surface area contributed by atoms with Gasteiger partial charge in [-0.2, -0.15) is 0 Å². The number of fused-ring (bicyclic) bond motifs is 10. The number of hydrogen-bond acceptors (Lipinski definition) is 4. The van der Waals surface area contributed by atoms with Crippen molar-refractivity contribution in [3.63, 3.8) is 0 Å². The molecule has 0 bridgehead atoms. The summed E-state index contributed by atoms with van der Waals surface area (Å²) in [6.45, 7) is 0. The first-order valence-electron chi connectivity index (χ1n) is 18.7. The molecule has 0 radical (unpaired) electrons. The van der Waals surface area contributed by atoms with Crippen LogP contribution in [0.4, 0.5) is 11.4 Å². The number of rotatable bonds is 4. The molecule has 1 atom stereocenters. The summed E-state index contributed by atoms with van der Waals surface area (Å²) in [6.07, 6.45) is 6.75. The topological polar surface area (TPSA) is 47.3 Å². The van der Waals surface area contributed by atoms with E-state index in [0.29, 0.717) is 0 Å². The normalized spacial score (nSPS) is 14.7. The van der Waals surface area contributed by atoms with Crippen molar-refractivity contribution in [1.29, 1.82) is 0 Å². The Balaban J connectivity index is 0.964. The monoisotopic (exact) mass is 705 g/mol. The van der Waals surface area contributed by atoms with Gasteiger partial charge in [0, 0.05) is 55.6 Å². The summed E-state index contributed by atoms with van der Waals surface area (Å²) in [7, 11) is 0. The Kier molecular flexibility index (Phi) is 6.33. The highest BCUT2D eigenvalue weighted by Gasteiger charge is 2.34. The van der Waals surface area contributed by atoms with Crippen LogP contribution in [0.5, 0.6) is 0 Å². The lowest BCUT2D eigenvalue weighted by atomic mass is 9.99. The number of hydrogen-bond donors (Lipinski definition) is 0. The van der Waals surface area contributed by atoms with Gasteiger partial charge in [0.05, 0.1) is 17.1 Å². The molecule has 0 amide bonds. The first kappa shape index (κ1) is 30.1. The number of imidazole rings is 1. The molecule has 7 aromatic carbocycles. The van der Waals surface area contributed by atoms with Gasteiger partial charge in [0.2, 0.25) is 0 Å². The van der Waals surface area contributed by atoms with Crippen LogP contribution in [-0.4, -0.2) is 15.6 Å². The Labute approximate surface area is 315 Å². The van der Waals surface area contributed by atoms with Crippen LogP contribution >= 0.6 is 0 Å². The molecule has 258 valence electrons. The van der Waals surface area contributed by atoms with E-state index in [1.807, 2.05) is 24.3 Å². The third-order valence-electron chi connectivity index (χ3n) is 11.3. The summed E-state index contributed by atoms with van der Waals surface area (Å²) in [6, 6.07) is 57.4. The second-order valence-corrected chi connectivity index (χ2v) is 14.3. The van der Waals surface area contributed by atoms with E-state index >= 15 is 0 Å². The second kappa shape index (κ2) is 11.6. The lowest BCUT2D eigenvalue weighted by molar-refractivity contribution is 0.573. The molecule has 3 aromatic heterocycles. The SMILES string of the molecule is C1=C2c3ccccc3N(c3ccc4c(c3)oc3cccc(-c5ccc(-n6c(-c7ccccc7)nc7ccccc76)cc5)c34)C2C=c2oc3ccccc3c2=C1. The molecule has 0 fully saturated rings. The van der Waals surface area contributed by atoms with Gasteiger partial charge in [0.15, 0.2) is 0 Å². The summed E-state index contributed by atoms with van der Waals surface area (Å²) in [5.41, 5.74) is 14.7. The maximum Gasteiger partial charge on any atom is 0.145 e. The van der Waals surface area contributed by atoms with Gasteiger partial charge in [0.1, 0.15) is 28.0 Å². The highest BCUT2D eigenvalue weighted by molar-refractivity contribution is 6.13.